The fourth-order valence-electron chi connectivity index (χ4n) is 3.23. The molecular weight excluding hydrogens is 320 g/mol. The van der Waals surface area contributed by atoms with Crippen molar-refractivity contribution in [1.29, 1.82) is 0 Å². The van der Waals surface area contributed by atoms with E-state index in [1.807, 2.05) is 37.9 Å². The number of nitrogens with zero attached hydrogens (tertiary/aromatic N) is 6. The summed E-state index contributed by atoms with van der Waals surface area (Å²) in [6.07, 6.45) is 1.77. The molecule has 1 aliphatic heterocycles. The van der Waals surface area contributed by atoms with E-state index in [2.05, 4.69) is 20.5 Å². The second kappa shape index (κ2) is 5.94. The molecule has 0 bridgehead atoms. The summed E-state index contributed by atoms with van der Waals surface area (Å²) < 4.78 is 7.00. The van der Waals surface area contributed by atoms with Crippen LogP contribution in [0.25, 0.3) is 11.0 Å². The lowest BCUT2D eigenvalue weighted by Crippen LogP contribution is -2.31. The third-order valence-corrected chi connectivity index (χ3v) is 4.62. The molecule has 3 heterocycles. The van der Waals surface area contributed by atoms with Crippen LogP contribution in [0.2, 0.25) is 0 Å². The summed E-state index contributed by atoms with van der Waals surface area (Å²) in [5.41, 5.74) is 2.22. The van der Waals surface area contributed by atoms with Crippen LogP contribution in [-0.2, 0) is 7.05 Å². The largest absolute Gasteiger partial charge is 0.339 e. The minimum atomic E-state index is -0.138. The van der Waals surface area contributed by atoms with E-state index in [0.29, 0.717) is 29.3 Å². The van der Waals surface area contributed by atoms with Gasteiger partial charge < -0.3 is 9.42 Å². The Hall–Kier alpha value is -2.77. The number of carbonyl (C=O) groups is 1. The van der Waals surface area contributed by atoms with Gasteiger partial charge in [-0.3, -0.25) is 4.79 Å². The summed E-state index contributed by atoms with van der Waals surface area (Å²) in [7, 11) is 1.83. The molecule has 25 heavy (non-hydrogen) atoms. The highest BCUT2D eigenvalue weighted by molar-refractivity contribution is 5.97. The van der Waals surface area contributed by atoms with Gasteiger partial charge in [-0.1, -0.05) is 24.2 Å². The minimum Gasteiger partial charge on any atom is -0.339 e. The molecule has 0 saturated carbocycles. The van der Waals surface area contributed by atoms with Gasteiger partial charge in [0, 0.05) is 25.1 Å². The van der Waals surface area contributed by atoms with E-state index in [-0.39, 0.29) is 17.9 Å². The van der Waals surface area contributed by atoms with Gasteiger partial charge in [-0.05, 0) is 31.0 Å². The molecule has 1 aromatic carbocycles. The molecule has 8 heteroatoms. The van der Waals surface area contributed by atoms with Crippen molar-refractivity contribution in [2.24, 2.45) is 7.05 Å². The first-order valence-electron chi connectivity index (χ1n) is 8.48. The smallest absolute Gasteiger partial charge is 0.254 e. The molecule has 2 aromatic heterocycles. The second-order valence-electron chi connectivity index (χ2n) is 6.72. The Morgan fingerprint density at radius 3 is 2.96 bits per heavy atom. The lowest BCUT2D eigenvalue weighted by atomic mass is 10.1. The van der Waals surface area contributed by atoms with Crippen LogP contribution in [0, 0.1) is 0 Å². The lowest BCUT2D eigenvalue weighted by molar-refractivity contribution is 0.0728. The summed E-state index contributed by atoms with van der Waals surface area (Å²) >= 11 is 0. The molecule has 1 atom stereocenters. The van der Waals surface area contributed by atoms with Gasteiger partial charge in [0.05, 0.1) is 11.6 Å². The van der Waals surface area contributed by atoms with E-state index in [0.717, 1.165) is 18.4 Å². The highest BCUT2D eigenvalue weighted by Gasteiger charge is 2.34. The summed E-state index contributed by atoms with van der Waals surface area (Å²) in [6, 6.07) is 5.34. The third kappa shape index (κ3) is 2.67. The van der Waals surface area contributed by atoms with Gasteiger partial charge in [0.25, 0.3) is 5.91 Å². The fourth-order valence-corrected chi connectivity index (χ4v) is 3.23. The van der Waals surface area contributed by atoms with Gasteiger partial charge in [-0.25, -0.2) is 4.68 Å². The molecule has 4 rings (SSSR count). The molecule has 0 aliphatic carbocycles. The Kier molecular flexibility index (Phi) is 3.74. The first kappa shape index (κ1) is 15.7. The predicted octanol–water partition coefficient (Wildman–Crippen LogP) is 2.45. The zero-order valence-corrected chi connectivity index (χ0v) is 14.5. The number of fused-ring (bicyclic) bond motifs is 1. The summed E-state index contributed by atoms with van der Waals surface area (Å²) in [4.78, 5) is 19.3. The van der Waals surface area contributed by atoms with Crippen molar-refractivity contribution in [3.05, 3.63) is 35.5 Å². The maximum atomic E-state index is 13.0. The van der Waals surface area contributed by atoms with Crippen molar-refractivity contribution in [3.63, 3.8) is 0 Å². The predicted molar refractivity (Wildman–Crippen MR) is 89.9 cm³/mol. The number of hydrogen-bond acceptors (Lipinski definition) is 6. The normalized spacial score (nSPS) is 17.8. The van der Waals surface area contributed by atoms with Crippen molar-refractivity contribution < 1.29 is 9.32 Å². The van der Waals surface area contributed by atoms with Crippen LogP contribution < -0.4 is 0 Å². The number of carbonyl (C=O) groups excluding carboxylic acids is 1. The first-order chi connectivity index (χ1) is 12.0. The number of likely N-dealkylation sites (tertiary alicyclic amines) is 1. The Morgan fingerprint density at radius 1 is 1.36 bits per heavy atom. The van der Waals surface area contributed by atoms with Crippen LogP contribution in [0.5, 0.6) is 0 Å². The monoisotopic (exact) mass is 340 g/mol. The molecule has 1 aliphatic rings. The second-order valence-corrected chi connectivity index (χ2v) is 6.72. The first-order valence-corrected chi connectivity index (χ1v) is 8.48. The SMILES string of the molecule is CC(C)c1nc([C@@H]2CCCN2C(=O)c2ccc3c(c2)nnn3C)no1. The van der Waals surface area contributed by atoms with E-state index in [4.69, 9.17) is 4.52 Å². The summed E-state index contributed by atoms with van der Waals surface area (Å²) in [6.45, 7) is 4.70. The molecule has 8 nitrogen and oxygen atoms in total. The van der Waals surface area contributed by atoms with Crippen LogP contribution in [0.3, 0.4) is 0 Å². The molecule has 1 fully saturated rings. The number of hydrogen-bond donors (Lipinski definition) is 0. The standard InChI is InChI=1S/C17H20N6O2/c1-10(2)16-18-15(20-25-16)14-5-4-8-23(14)17(24)11-6-7-13-12(9-11)19-21-22(13)3/h6-7,9-10,14H,4-5,8H2,1-3H3/t14-/m0/s1. The highest BCUT2D eigenvalue weighted by atomic mass is 16.5. The zero-order chi connectivity index (χ0) is 17.6. The number of amides is 1. The van der Waals surface area contributed by atoms with E-state index in [1.54, 1.807) is 10.7 Å². The van der Waals surface area contributed by atoms with Crippen molar-refractivity contribution >= 4 is 16.9 Å². The van der Waals surface area contributed by atoms with Gasteiger partial charge in [0.15, 0.2) is 5.82 Å². The number of aryl methyl sites for hydroxylation is 1. The van der Waals surface area contributed by atoms with Crippen molar-refractivity contribution in [2.75, 3.05) is 6.54 Å². The fraction of sp³-hybridized carbons (Fsp3) is 0.471. The number of benzene rings is 1. The molecule has 0 spiro atoms. The highest BCUT2D eigenvalue weighted by Crippen LogP contribution is 2.32. The molecule has 0 N–H and O–H groups in total. The van der Waals surface area contributed by atoms with E-state index < -0.39 is 0 Å². The molecule has 1 saturated heterocycles. The maximum absolute atomic E-state index is 13.0. The Labute approximate surface area is 144 Å². The van der Waals surface area contributed by atoms with Crippen LogP contribution >= 0.6 is 0 Å². The van der Waals surface area contributed by atoms with E-state index in [9.17, 15) is 4.79 Å². The number of rotatable bonds is 3. The van der Waals surface area contributed by atoms with Gasteiger partial charge in [-0.2, -0.15) is 4.98 Å². The molecule has 130 valence electrons. The topological polar surface area (TPSA) is 89.9 Å². The Morgan fingerprint density at radius 2 is 2.20 bits per heavy atom. The van der Waals surface area contributed by atoms with Crippen LogP contribution in [-0.4, -0.2) is 42.5 Å². The third-order valence-electron chi connectivity index (χ3n) is 4.62. The average Bonchev–Trinajstić information content (AvgIpc) is 3.33. The van der Waals surface area contributed by atoms with Crippen LogP contribution in [0.4, 0.5) is 0 Å². The van der Waals surface area contributed by atoms with Crippen LogP contribution in [0.15, 0.2) is 22.7 Å². The molecule has 0 radical (unpaired) electrons. The Balaban J connectivity index is 1.62. The molecular formula is C17H20N6O2. The minimum absolute atomic E-state index is 0.0362. The summed E-state index contributed by atoms with van der Waals surface area (Å²) in [5, 5.41) is 12.2. The molecule has 0 unspecified atom stereocenters. The number of aromatic nitrogens is 5. The molecule has 1 amide bonds. The van der Waals surface area contributed by atoms with Gasteiger partial charge in [0.1, 0.15) is 5.52 Å². The molecule has 3 aromatic rings. The van der Waals surface area contributed by atoms with Crippen molar-refractivity contribution in [2.45, 2.75) is 38.6 Å². The van der Waals surface area contributed by atoms with Crippen molar-refractivity contribution in [1.82, 2.24) is 30.0 Å². The lowest BCUT2D eigenvalue weighted by Gasteiger charge is -2.22. The zero-order valence-electron chi connectivity index (χ0n) is 14.5. The van der Waals surface area contributed by atoms with Gasteiger partial charge in [-0.15, -0.1) is 5.10 Å². The van der Waals surface area contributed by atoms with Crippen LogP contribution in [0.1, 0.15) is 60.7 Å². The van der Waals surface area contributed by atoms with Gasteiger partial charge in [0.2, 0.25) is 5.89 Å². The van der Waals surface area contributed by atoms with E-state index in [1.165, 1.54) is 0 Å². The van der Waals surface area contributed by atoms with Gasteiger partial charge >= 0.3 is 0 Å². The maximum Gasteiger partial charge on any atom is 0.254 e. The summed E-state index contributed by atoms with van der Waals surface area (Å²) in [5.74, 6) is 1.34. The quantitative estimate of drug-likeness (QED) is 0.727. The Bertz CT molecular complexity index is 928. The van der Waals surface area contributed by atoms with Crippen molar-refractivity contribution in [3.8, 4) is 0 Å². The van der Waals surface area contributed by atoms with E-state index >= 15 is 0 Å². The average molecular weight is 340 g/mol.